The monoisotopic (exact) mass is 219 g/mol. The Morgan fingerprint density at radius 2 is 1.47 bits per heavy atom. The first-order valence-corrected chi connectivity index (χ1v) is 4.68. The van der Waals surface area contributed by atoms with Gasteiger partial charge in [0.05, 0.1) is 0 Å². The van der Waals surface area contributed by atoms with Crippen molar-refractivity contribution in [3.63, 3.8) is 0 Å². The largest absolute Gasteiger partial charge is 0.399 e. The van der Waals surface area contributed by atoms with E-state index in [1.54, 1.807) is 0 Å². The minimum Gasteiger partial charge on any atom is -0.399 e. The zero-order valence-corrected chi connectivity index (χ0v) is 9.42. The Bertz CT molecular complexity index is 408. The number of benzene rings is 2. The molecule has 0 aliphatic carbocycles. The van der Waals surface area contributed by atoms with Gasteiger partial charge in [-0.1, -0.05) is 42.0 Å². The van der Waals surface area contributed by atoms with Crippen LogP contribution in [0, 0.1) is 6.92 Å². The van der Waals surface area contributed by atoms with Crippen molar-refractivity contribution in [1.29, 1.82) is 0 Å². The summed E-state index contributed by atoms with van der Waals surface area (Å²) < 4.78 is 0. The molecule has 2 aromatic carbocycles. The lowest BCUT2D eigenvalue weighted by molar-refractivity contribution is 1.47. The van der Waals surface area contributed by atoms with Gasteiger partial charge in [-0.25, -0.2) is 0 Å². The van der Waals surface area contributed by atoms with Crippen LogP contribution in [0.25, 0.3) is 11.1 Å². The Hall–Kier alpha value is -1.47. The van der Waals surface area contributed by atoms with Crippen LogP contribution in [0.4, 0.5) is 5.69 Å². The van der Waals surface area contributed by atoms with Gasteiger partial charge in [-0.15, -0.1) is 12.4 Å². The lowest BCUT2D eigenvalue weighted by Gasteiger charge is -2.03. The summed E-state index contributed by atoms with van der Waals surface area (Å²) in [5.41, 5.74) is 10.2. The third-order valence-electron chi connectivity index (χ3n) is 2.24. The summed E-state index contributed by atoms with van der Waals surface area (Å²) >= 11 is 0. The normalized spacial score (nSPS) is 9.40. The number of aryl methyl sites for hydroxylation is 1. The zero-order chi connectivity index (χ0) is 9.97. The number of rotatable bonds is 1. The molecule has 2 rings (SSSR count). The minimum absolute atomic E-state index is 0. The van der Waals surface area contributed by atoms with Gasteiger partial charge >= 0.3 is 0 Å². The van der Waals surface area contributed by atoms with Crippen molar-refractivity contribution in [2.45, 2.75) is 6.92 Å². The molecule has 78 valence electrons. The lowest BCUT2D eigenvalue weighted by Crippen LogP contribution is -1.85. The van der Waals surface area contributed by atoms with Gasteiger partial charge in [-0.05, 0) is 30.2 Å². The highest BCUT2D eigenvalue weighted by Crippen LogP contribution is 2.21. The first-order valence-electron chi connectivity index (χ1n) is 4.68. The van der Waals surface area contributed by atoms with Crippen LogP contribution >= 0.6 is 12.4 Å². The molecular weight excluding hydrogens is 206 g/mol. The number of halogens is 1. The van der Waals surface area contributed by atoms with Gasteiger partial charge < -0.3 is 5.73 Å². The molecule has 2 N–H and O–H groups in total. The van der Waals surface area contributed by atoms with E-state index in [-0.39, 0.29) is 12.4 Å². The molecule has 0 heterocycles. The summed E-state index contributed by atoms with van der Waals surface area (Å²) in [5.74, 6) is 0. The van der Waals surface area contributed by atoms with Gasteiger partial charge in [-0.2, -0.15) is 0 Å². The maximum atomic E-state index is 5.73. The molecule has 2 heteroatoms. The number of nitrogens with two attached hydrogens (primary N) is 1. The first kappa shape index (κ1) is 11.6. The first-order chi connectivity index (χ1) is 6.75. The fourth-order valence-corrected chi connectivity index (χ4v) is 1.54. The van der Waals surface area contributed by atoms with E-state index in [2.05, 4.69) is 37.3 Å². The third kappa shape index (κ3) is 2.74. The molecule has 15 heavy (non-hydrogen) atoms. The van der Waals surface area contributed by atoms with Crippen LogP contribution in [-0.4, -0.2) is 0 Å². The minimum atomic E-state index is 0. The molecule has 0 fully saturated rings. The maximum Gasteiger partial charge on any atom is 0.0320 e. The summed E-state index contributed by atoms with van der Waals surface area (Å²) in [4.78, 5) is 0. The van der Waals surface area contributed by atoms with Crippen molar-refractivity contribution < 1.29 is 0 Å². The second kappa shape index (κ2) is 4.85. The van der Waals surface area contributed by atoms with Gasteiger partial charge in [-0.3, -0.25) is 0 Å². The maximum absolute atomic E-state index is 5.73. The SMILES string of the molecule is Cc1cccc(-c2cccc(N)c2)c1.Cl. The van der Waals surface area contributed by atoms with Crippen LogP contribution in [-0.2, 0) is 0 Å². The predicted octanol–water partition coefficient (Wildman–Crippen LogP) is 3.67. The molecule has 1 nitrogen and oxygen atoms in total. The molecule has 0 bridgehead atoms. The van der Waals surface area contributed by atoms with Crippen LogP contribution in [0.5, 0.6) is 0 Å². The van der Waals surface area contributed by atoms with Crippen molar-refractivity contribution in [1.82, 2.24) is 0 Å². The van der Waals surface area contributed by atoms with E-state index in [1.807, 2.05) is 18.2 Å². The summed E-state index contributed by atoms with van der Waals surface area (Å²) in [6.45, 7) is 2.09. The second-order valence-corrected chi connectivity index (χ2v) is 3.49. The Morgan fingerprint density at radius 3 is 2.07 bits per heavy atom. The number of nitrogen functional groups attached to an aromatic ring is 1. The average molecular weight is 220 g/mol. The zero-order valence-electron chi connectivity index (χ0n) is 8.60. The van der Waals surface area contributed by atoms with Crippen LogP contribution in [0.15, 0.2) is 48.5 Å². The van der Waals surface area contributed by atoms with Crippen molar-refractivity contribution in [2.24, 2.45) is 0 Å². The summed E-state index contributed by atoms with van der Waals surface area (Å²) in [6.07, 6.45) is 0. The van der Waals surface area contributed by atoms with Crippen molar-refractivity contribution in [3.8, 4) is 11.1 Å². The molecule has 0 aliphatic heterocycles. The second-order valence-electron chi connectivity index (χ2n) is 3.49. The molecule has 0 radical (unpaired) electrons. The fraction of sp³-hybridized carbons (Fsp3) is 0.0769. The van der Waals surface area contributed by atoms with E-state index in [9.17, 15) is 0 Å². The molecule has 0 saturated heterocycles. The molecule has 0 aliphatic rings. The molecule has 2 aromatic rings. The smallest absolute Gasteiger partial charge is 0.0320 e. The van der Waals surface area contributed by atoms with Crippen LogP contribution in [0.2, 0.25) is 0 Å². The highest BCUT2D eigenvalue weighted by Gasteiger charge is 1.97. The Balaban J connectivity index is 0.00000112. The van der Waals surface area contributed by atoms with Crippen LogP contribution in [0.1, 0.15) is 5.56 Å². The highest BCUT2D eigenvalue weighted by atomic mass is 35.5. The Kier molecular flexibility index (Phi) is 3.75. The molecular formula is C13H14ClN. The highest BCUT2D eigenvalue weighted by molar-refractivity contribution is 5.85. The lowest BCUT2D eigenvalue weighted by atomic mass is 10.0. The summed E-state index contributed by atoms with van der Waals surface area (Å²) in [6, 6.07) is 16.4. The van der Waals surface area contributed by atoms with Gasteiger partial charge in [0.1, 0.15) is 0 Å². The molecule has 0 atom stereocenters. The van der Waals surface area contributed by atoms with E-state index >= 15 is 0 Å². The topological polar surface area (TPSA) is 26.0 Å². The summed E-state index contributed by atoms with van der Waals surface area (Å²) in [7, 11) is 0. The molecule has 0 unspecified atom stereocenters. The Labute approximate surface area is 96.3 Å². The fourth-order valence-electron chi connectivity index (χ4n) is 1.54. The molecule has 0 saturated carbocycles. The molecule has 0 spiro atoms. The van der Waals surface area contributed by atoms with Gasteiger partial charge in [0.2, 0.25) is 0 Å². The summed E-state index contributed by atoms with van der Waals surface area (Å²) in [5, 5.41) is 0. The molecule has 0 amide bonds. The van der Waals surface area contributed by atoms with E-state index < -0.39 is 0 Å². The van der Waals surface area contributed by atoms with Crippen LogP contribution < -0.4 is 5.73 Å². The standard InChI is InChI=1S/C13H13N.ClH/c1-10-4-2-5-11(8-10)12-6-3-7-13(14)9-12;/h2-9H,14H2,1H3;1H. The number of hydrogen-bond donors (Lipinski definition) is 1. The van der Waals surface area contributed by atoms with Crippen LogP contribution in [0.3, 0.4) is 0 Å². The van der Waals surface area contributed by atoms with E-state index in [0.717, 1.165) is 5.69 Å². The Morgan fingerprint density at radius 1 is 0.867 bits per heavy atom. The van der Waals surface area contributed by atoms with Gasteiger partial charge in [0.15, 0.2) is 0 Å². The van der Waals surface area contributed by atoms with E-state index in [0.29, 0.717) is 0 Å². The van der Waals surface area contributed by atoms with Crippen molar-refractivity contribution in [3.05, 3.63) is 54.1 Å². The quantitative estimate of drug-likeness (QED) is 0.728. The van der Waals surface area contributed by atoms with E-state index in [4.69, 9.17) is 5.73 Å². The van der Waals surface area contributed by atoms with Crippen molar-refractivity contribution in [2.75, 3.05) is 5.73 Å². The van der Waals surface area contributed by atoms with E-state index in [1.165, 1.54) is 16.7 Å². The number of hydrogen-bond acceptors (Lipinski definition) is 1. The molecule has 0 aromatic heterocycles. The average Bonchev–Trinajstić information content (AvgIpc) is 2.18. The predicted molar refractivity (Wildman–Crippen MR) is 68.3 cm³/mol. The number of anilines is 1. The van der Waals surface area contributed by atoms with Gasteiger partial charge in [0.25, 0.3) is 0 Å². The van der Waals surface area contributed by atoms with Crippen molar-refractivity contribution >= 4 is 18.1 Å². The third-order valence-corrected chi connectivity index (χ3v) is 2.24. The van der Waals surface area contributed by atoms with Gasteiger partial charge in [0, 0.05) is 5.69 Å².